The third-order valence-electron chi connectivity index (χ3n) is 4.55. The summed E-state index contributed by atoms with van der Waals surface area (Å²) in [7, 11) is 0. The largest absolute Gasteiger partial charge is 0.480 e. The molecule has 0 saturated heterocycles. The summed E-state index contributed by atoms with van der Waals surface area (Å²) in [4.78, 5) is 60.1. The molecule has 2 aromatic heterocycles. The van der Waals surface area contributed by atoms with E-state index in [1.165, 1.54) is 6.92 Å². The fourth-order valence-electron chi connectivity index (χ4n) is 2.89. The van der Waals surface area contributed by atoms with E-state index >= 15 is 0 Å². The summed E-state index contributed by atoms with van der Waals surface area (Å²) >= 11 is 0. The van der Waals surface area contributed by atoms with Crippen molar-refractivity contribution in [3.05, 3.63) is 52.1 Å². The lowest BCUT2D eigenvalue weighted by Gasteiger charge is -2.14. The number of ketones is 1. The van der Waals surface area contributed by atoms with Crippen molar-refractivity contribution in [2.24, 2.45) is 0 Å². The van der Waals surface area contributed by atoms with E-state index in [1.54, 1.807) is 30.5 Å². The second-order valence-electron chi connectivity index (χ2n) is 7.08. The first-order chi connectivity index (χ1) is 15.2. The van der Waals surface area contributed by atoms with Crippen molar-refractivity contribution in [3.8, 4) is 0 Å². The molecule has 0 fully saturated rings. The summed E-state index contributed by atoms with van der Waals surface area (Å²) in [6.07, 6.45) is 1.68. The van der Waals surface area contributed by atoms with Crippen LogP contribution in [0.25, 0.3) is 11.2 Å². The van der Waals surface area contributed by atoms with E-state index in [0.29, 0.717) is 11.4 Å². The van der Waals surface area contributed by atoms with Gasteiger partial charge in [-0.1, -0.05) is 0 Å². The van der Waals surface area contributed by atoms with E-state index in [4.69, 9.17) is 5.73 Å². The summed E-state index contributed by atoms with van der Waals surface area (Å²) < 4.78 is 0. The van der Waals surface area contributed by atoms with Gasteiger partial charge in [0.05, 0.1) is 12.2 Å². The molecule has 3 rings (SSSR count). The molecule has 12 nitrogen and oxygen atoms in total. The zero-order valence-electron chi connectivity index (χ0n) is 17.1. The van der Waals surface area contributed by atoms with E-state index in [1.807, 2.05) is 0 Å². The lowest BCUT2D eigenvalue weighted by Crippen LogP contribution is -2.41. The van der Waals surface area contributed by atoms with E-state index < -0.39 is 23.5 Å². The Labute approximate surface area is 181 Å². The van der Waals surface area contributed by atoms with Gasteiger partial charge < -0.3 is 26.3 Å². The second-order valence-corrected chi connectivity index (χ2v) is 7.08. The number of carbonyl (C=O) groups excluding carboxylic acids is 2. The molecular weight excluding hydrogens is 418 g/mol. The Hall–Kier alpha value is -4.35. The molecule has 0 aliphatic rings. The number of carboxylic acids is 1. The monoisotopic (exact) mass is 440 g/mol. The molecule has 3 aromatic rings. The van der Waals surface area contributed by atoms with Gasteiger partial charge in [-0.15, -0.1) is 0 Å². The van der Waals surface area contributed by atoms with E-state index in [0.717, 1.165) is 0 Å². The minimum Gasteiger partial charge on any atom is -0.480 e. The summed E-state index contributed by atoms with van der Waals surface area (Å²) in [6, 6.07) is 5.24. The highest BCUT2D eigenvalue weighted by Crippen LogP contribution is 2.12. The molecule has 166 valence electrons. The van der Waals surface area contributed by atoms with Gasteiger partial charge in [-0.05, 0) is 42.6 Å². The first kappa shape index (κ1) is 22.3. The maximum atomic E-state index is 12.3. The fraction of sp³-hybridized carbons (Fsp3) is 0.250. The number of hydrogen-bond donors (Lipinski definition) is 5. The minimum absolute atomic E-state index is 0.0101. The number of nitrogens with zero attached hydrogens (tertiary/aromatic N) is 2. The number of aromatic nitrogens is 4. The van der Waals surface area contributed by atoms with Crippen molar-refractivity contribution >= 4 is 40.5 Å². The maximum Gasteiger partial charge on any atom is 0.356 e. The Morgan fingerprint density at radius 2 is 1.94 bits per heavy atom. The van der Waals surface area contributed by atoms with Crippen LogP contribution in [0, 0.1) is 0 Å². The smallest absolute Gasteiger partial charge is 0.356 e. The summed E-state index contributed by atoms with van der Waals surface area (Å²) in [6.45, 7) is 1.65. The number of aromatic amines is 2. The molecule has 0 saturated carbocycles. The number of rotatable bonds is 9. The van der Waals surface area contributed by atoms with Gasteiger partial charge in [-0.3, -0.25) is 14.6 Å². The van der Waals surface area contributed by atoms with Gasteiger partial charge in [0.1, 0.15) is 18.0 Å². The standard InChI is InChI=1S/C20H21N7O5/c1-10(28)2-7-14(19(31)32)25-17(29)11-3-5-12(6-4-11)22-8-13-9-23-16-15(24-13)18(30)27-20(21)26-16/h3-6,9,14,22H,2,7-8H2,1H3,(H,25,29)(H,31,32)(H3,21,23,26,27,30)/p+1/t14-/m1/s1. The maximum absolute atomic E-state index is 12.3. The molecular formula is C20H22N7O5+. The molecule has 0 aliphatic heterocycles. The van der Waals surface area contributed by atoms with Crippen LogP contribution < -0.4 is 26.9 Å². The quantitative estimate of drug-likeness (QED) is 0.301. The number of nitrogens with two attached hydrogens (primary N) is 1. The van der Waals surface area contributed by atoms with Gasteiger partial charge >= 0.3 is 17.6 Å². The van der Waals surface area contributed by atoms with E-state index in [9.17, 15) is 24.3 Å². The number of anilines is 2. The lowest BCUT2D eigenvalue weighted by molar-refractivity contribution is -0.349. The van der Waals surface area contributed by atoms with E-state index in [2.05, 4.69) is 30.6 Å². The Morgan fingerprint density at radius 1 is 1.22 bits per heavy atom. The highest BCUT2D eigenvalue weighted by Gasteiger charge is 2.21. The predicted octanol–water partition coefficient (Wildman–Crippen LogP) is -0.121. The number of hydrogen-bond acceptors (Lipinski definition) is 8. The average Bonchev–Trinajstić information content (AvgIpc) is 2.75. The molecule has 2 heterocycles. The molecule has 1 aromatic carbocycles. The van der Waals surface area contributed by atoms with Crippen molar-refractivity contribution in [1.82, 2.24) is 20.3 Å². The highest BCUT2D eigenvalue weighted by molar-refractivity contribution is 5.97. The molecule has 0 spiro atoms. The van der Waals surface area contributed by atoms with Crippen LogP contribution in [0.5, 0.6) is 0 Å². The van der Waals surface area contributed by atoms with Crippen LogP contribution in [-0.4, -0.2) is 43.8 Å². The van der Waals surface area contributed by atoms with Gasteiger partial charge in [-0.2, -0.15) is 0 Å². The van der Waals surface area contributed by atoms with Crippen molar-refractivity contribution in [2.75, 3.05) is 11.1 Å². The van der Waals surface area contributed by atoms with Gasteiger partial charge in [-0.25, -0.2) is 14.8 Å². The molecule has 0 bridgehead atoms. The number of benzene rings is 1. The average molecular weight is 440 g/mol. The molecule has 12 heteroatoms. The van der Waals surface area contributed by atoms with Gasteiger partial charge in [0.25, 0.3) is 11.5 Å². The molecule has 1 atom stereocenters. The normalized spacial score (nSPS) is 11.7. The zero-order chi connectivity index (χ0) is 23.3. The van der Waals surface area contributed by atoms with Crippen LogP contribution in [0.3, 0.4) is 0 Å². The first-order valence-electron chi connectivity index (χ1n) is 9.67. The molecule has 0 unspecified atom stereocenters. The number of aliphatic carboxylic acids is 1. The number of amides is 1. The predicted molar refractivity (Wildman–Crippen MR) is 114 cm³/mol. The van der Waals surface area contributed by atoms with Crippen LogP contribution >= 0.6 is 0 Å². The van der Waals surface area contributed by atoms with Crippen molar-refractivity contribution < 1.29 is 24.5 Å². The Balaban J connectivity index is 1.62. The molecule has 0 radical (unpaired) electrons. The Bertz CT molecular complexity index is 1220. The first-order valence-corrected chi connectivity index (χ1v) is 9.67. The van der Waals surface area contributed by atoms with Crippen molar-refractivity contribution in [2.45, 2.75) is 32.4 Å². The Kier molecular flexibility index (Phi) is 6.73. The zero-order valence-corrected chi connectivity index (χ0v) is 17.1. The highest BCUT2D eigenvalue weighted by atomic mass is 16.4. The summed E-state index contributed by atoms with van der Waals surface area (Å²) in [5.74, 6) is -1.91. The number of carbonyl (C=O) groups is 3. The third kappa shape index (κ3) is 5.62. The second kappa shape index (κ2) is 9.64. The SMILES string of the molecule is CC(=O)CC[C@@H](NC(=O)c1ccc(NCc2c[nH+]c3nc(N)[nH]c(=O)c3n2)cc1)C(=O)O. The van der Waals surface area contributed by atoms with E-state index in [-0.39, 0.29) is 47.8 Å². The van der Waals surface area contributed by atoms with Gasteiger partial charge in [0.15, 0.2) is 0 Å². The van der Waals surface area contributed by atoms with Crippen LogP contribution in [0.15, 0.2) is 35.3 Å². The number of H-pyrrole nitrogens is 2. The molecule has 32 heavy (non-hydrogen) atoms. The van der Waals surface area contributed by atoms with Gasteiger partial charge in [0.2, 0.25) is 5.52 Å². The van der Waals surface area contributed by atoms with Crippen molar-refractivity contribution in [3.63, 3.8) is 0 Å². The third-order valence-corrected chi connectivity index (χ3v) is 4.55. The van der Waals surface area contributed by atoms with Crippen LogP contribution in [0.4, 0.5) is 11.6 Å². The minimum atomic E-state index is -1.20. The van der Waals surface area contributed by atoms with Crippen LogP contribution in [0.2, 0.25) is 0 Å². The number of carboxylic acid groups (broad SMARTS) is 1. The molecule has 0 aliphatic carbocycles. The number of Topliss-reactive ketones (excluding diaryl/α,β-unsaturated/α-hetero) is 1. The topological polar surface area (TPSA) is 194 Å². The summed E-state index contributed by atoms with van der Waals surface area (Å²) in [5.41, 5.74) is 6.95. The van der Waals surface area contributed by atoms with Crippen LogP contribution in [0.1, 0.15) is 35.8 Å². The lowest BCUT2D eigenvalue weighted by atomic mass is 10.1. The summed E-state index contributed by atoms with van der Waals surface area (Å²) in [5, 5.41) is 14.8. The number of nitrogens with one attached hydrogen (secondary N) is 4. The van der Waals surface area contributed by atoms with Crippen LogP contribution in [-0.2, 0) is 16.1 Å². The molecule has 7 N–H and O–H groups in total. The number of fused-ring (bicyclic) bond motifs is 1. The van der Waals surface area contributed by atoms with Gasteiger partial charge in [0, 0.05) is 17.7 Å². The number of nitrogen functional groups attached to an aromatic ring is 1. The van der Waals surface area contributed by atoms with Crippen molar-refractivity contribution in [1.29, 1.82) is 0 Å². The Morgan fingerprint density at radius 3 is 2.59 bits per heavy atom. The molecule has 1 amide bonds. The fourth-order valence-corrected chi connectivity index (χ4v) is 2.89.